The lowest BCUT2D eigenvalue weighted by atomic mass is 9.85. The van der Waals surface area contributed by atoms with Crippen molar-refractivity contribution >= 4 is 40.7 Å². The second-order valence-electron chi connectivity index (χ2n) is 21.5. The van der Waals surface area contributed by atoms with E-state index in [9.17, 15) is 27.6 Å². The van der Waals surface area contributed by atoms with Crippen LogP contribution in [0.25, 0.3) is 10.4 Å². The normalized spacial score (nSPS) is 19.0. The SMILES string of the molecule is Cc1ncsc1-c1ccc(CNC(=O)[C@@H]2CC(C)CN2C(=O)[C@@H](NC(=O)CCCCN2CCN(c3ccc(C#Cc4ccc(C5CCN(C6=Nn7c(nnc7C(F)(F)F)CC6)CC5)cc4)cn3)CC2)C(C)(C)C)cc1. The Morgan fingerprint density at radius 2 is 1.56 bits per heavy atom. The molecule has 7 heterocycles. The Morgan fingerprint density at radius 3 is 2.23 bits per heavy atom. The molecule has 3 aromatic heterocycles. The number of benzene rings is 2. The maximum absolute atomic E-state index is 14.2. The van der Waals surface area contributed by atoms with Crippen LogP contribution in [0.1, 0.15) is 118 Å². The summed E-state index contributed by atoms with van der Waals surface area (Å²) in [5.74, 6) is 7.19. The highest BCUT2D eigenvalue weighted by Gasteiger charge is 2.44. The molecule has 0 spiro atoms. The molecule has 4 aliphatic rings. The maximum atomic E-state index is 14.2. The van der Waals surface area contributed by atoms with Gasteiger partial charge in [-0.3, -0.25) is 19.3 Å². The fraction of sp³-hybridized carbons (Fsp3) is 0.500. The van der Waals surface area contributed by atoms with Crippen molar-refractivity contribution in [1.29, 1.82) is 0 Å². The van der Waals surface area contributed by atoms with Crippen molar-refractivity contribution in [2.45, 2.75) is 117 Å². The molecule has 5 aromatic rings. The predicted octanol–water partition coefficient (Wildman–Crippen LogP) is 7.89. The fourth-order valence-corrected chi connectivity index (χ4v) is 11.3. The lowest BCUT2D eigenvalue weighted by Gasteiger charge is -2.36. The summed E-state index contributed by atoms with van der Waals surface area (Å²) in [6, 6.07) is 19.1. The van der Waals surface area contributed by atoms with Crippen LogP contribution in [0.2, 0.25) is 0 Å². The van der Waals surface area contributed by atoms with Gasteiger partial charge in [-0.2, -0.15) is 22.9 Å². The molecule has 4 aliphatic heterocycles. The second-order valence-corrected chi connectivity index (χ2v) is 22.3. The number of carbonyl (C=O) groups excluding carboxylic acids is 3. The minimum absolute atomic E-state index is 0.153. The number of fused-ring (bicyclic) bond motifs is 1. The standard InChI is InChI=1S/C56H67F3N12O3S/c1-37-32-45(52(73)61-34-41-13-18-44(19-14-41)50-38(2)62-36-75-50)70(35-37)53(74)51(55(3,4)5)63-49(72)8-6-7-25-67-28-30-69(31-29-67)46-20-15-40(33-60-46)10-9-39-11-16-42(17-12-39)43-23-26-68(27-24-43)48-22-21-47-64-65-54(56(57,58)59)71(47)66-48/h11-20,33,36-37,43,45,51H,6-8,21-32,34-35H2,1-5H3,(H,61,73)(H,63,72)/t37?,45-,51+/m0/s1. The van der Waals surface area contributed by atoms with Crippen LogP contribution >= 0.6 is 11.3 Å². The Bertz CT molecular complexity index is 2890. The maximum Gasteiger partial charge on any atom is 0.453 e. The summed E-state index contributed by atoms with van der Waals surface area (Å²) in [7, 11) is 0. The smallest absolute Gasteiger partial charge is 0.359 e. The van der Waals surface area contributed by atoms with Crippen molar-refractivity contribution in [3.8, 4) is 22.3 Å². The molecule has 0 aliphatic carbocycles. The van der Waals surface area contributed by atoms with E-state index in [2.05, 4.69) is 76.5 Å². The van der Waals surface area contributed by atoms with E-state index in [1.165, 1.54) is 5.56 Å². The van der Waals surface area contributed by atoms with Crippen molar-refractivity contribution in [2.24, 2.45) is 16.4 Å². The molecule has 1 unspecified atom stereocenters. The Labute approximate surface area is 441 Å². The molecule has 0 radical (unpaired) electrons. The number of nitrogens with one attached hydrogen (secondary N) is 2. The number of aryl methyl sites for hydroxylation is 2. The first-order chi connectivity index (χ1) is 36.0. The predicted molar refractivity (Wildman–Crippen MR) is 284 cm³/mol. The lowest BCUT2D eigenvalue weighted by Crippen LogP contribution is -2.57. The minimum Gasteiger partial charge on any atom is -0.359 e. The molecule has 9 rings (SSSR count). The number of unbranched alkanes of at least 4 members (excludes halogenated alkanes) is 1. The van der Waals surface area contributed by atoms with Crippen molar-refractivity contribution in [3.05, 3.63) is 112 Å². The second kappa shape index (κ2) is 23.1. The summed E-state index contributed by atoms with van der Waals surface area (Å²) >= 11 is 1.60. The Morgan fingerprint density at radius 1 is 0.840 bits per heavy atom. The number of amidine groups is 1. The van der Waals surface area contributed by atoms with Crippen LogP contribution in [0, 0.1) is 30.1 Å². The number of hydrogen-bond donors (Lipinski definition) is 2. The third-order valence-electron chi connectivity index (χ3n) is 14.9. The van der Waals surface area contributed by atoms with E-state index in [0.29, 0.717) is 70.0 Å². The molecule has 19 heteroatoms. The summed E-state index contributed by atoms with van der Waals surface area (Å²) in [4.78, 5) is 59.9. The van der Waals surface area contributed by atoms with E-state index < -0.39 is 29.5 Å². The van der Waals surface area contributed by atoms with E-state index >= 15 is 0 Å². The molecule has 2 aromatic carbocycles. The van der Waals surface area contributed by atoms with Crippen LogP contribution in [0.5, 0.6) is 0 Å². The van der Waals surface area contributed by atoms with Gasteiger partial charge in [0.05, 0.1) is 16.1 Å². The first kappa shape index (κ1) is 53.2. The highest BCUT2D eigenvalue weighted by atomic mass is 32.1. The van der Waals surface area contributed by atoms with Crippen molar-refractivity contribution in [2.75, 3.05) is 57.3 Å². The van der Waals surface area contributed by atoms with E-state index in [1.807, 2.05) is 87.9 Å². The fourth-order valence-electron chi connectivity index (χ4n) is 10.5. The van der Waals surface area contributed by atoms with Crippen molar-refractivity contribution in [3.63, 3.8) is 0 Å². The van der Waals surface area contributed by atoms with Crippen molar-refractivity contribution < 1.29 is 27.6 Å². The number of aromatic nitrogens is 5. The molecule has 396 valence electrons. The van der Waals surface area contributed by atoms with Gasteiger partial charge in [0.2, 0.25) is 17.7 Å². The average molecular weight is 1050 g/mol. The Kier molecular flexibility index (Phi) is 16.4. The van der Waals surface area contributed by atoms with E-state index in [4.69, 9.17) is 4.98 Å². The molecule has 0 bridgehead atoms. The van der Waals surface area contributed by atoms with Gasteiger partial charge in [0.25, 0.3) is 5.82 Å². The lowest BCUT2D eigenvalue weighted by molar-refractivity contribution is -0.147. The van der Waals surface area contributed by atoms with Crippen LogP contribution in [0.15, 0.2) is 77.5 Å². The molecule has 15 nitrogen and oxygen atoms in total. The molecule has 3 fully saturated rings. The first-order valence-corrected chi connectivity index (χ1v) is 27.1. The summed E-state index contributed by atoms with van der Waals surface area (Å²) in [6.07, 6.45) is 2.34. The van der Waals surface area contributed by atoms with Gasteiger partial charge in [0.1, 0.15) is 23.7 Å². The minimum atomic E-state index is -4.61. The number of hydrogen-bond acceptors (Lipinski definition) is 12. The van der Waals surface area contributed by atoms with E-state index in [1.54, 1.807) is 16.2 Å². The van der Waals surface area contributed by atoms with Gasteiger partial charge < -0.3 is 25.3 Å². The van der Waals surface area contributed by atoms with Crippen LogP contribution < -0.4 is 15.5 Å². The number of rotatable bonds is 13. The number of likely N-dealkylation sites (tertiary alicyclic amines) is 2. The summed E-state index contributed by atoms with van der Waals surface area (Å²) < 4.78 is 41.1. The largest absolute Gasteiger partial charge is 0.453 e. The average Bonchev–Trinajstić information content (AvgIpc) is 4.16. The van der Waals surface area contributed by atoms with Crippen LogP contribution in [-0.4, -0.2) is 128 Å². The number of anilines is 1. The highest BCUT2D eigenvalue weighted by Crippen LogP contribution is 2.33. The van der Waals surface area contributed by atoms with Crippen molar-refractivity contribution in [1.82, 2.24) is 50.2 Å². The number of carbonyl (C=O) groups is 3. The van der Waals surface area contributed by atoms with Crippen LogP contribution in [0.3, 0.4) is 0 Å². The number of amides is 3. The quantitative estimate of drug-likeness (QED) is 0.0879. The Hall–Kier alpha value is -6.65. The third-order valence-corrected chi connectivity index (χ3v) is 15.8. The molecular weight excluding hydrogens is 978 g/mol. The van der Waals surface area contributed by atoms with Gasteiger partial charge >= 0.3 is 6.18 Å². The van der Waals surface area contributed by atoms with Gasteiger partial charge in [-0.05, 0) is 104 Å². The van der Waals surface area contributed by atoms with Gasteiger partial charge in [-0.25, -0.2) is 9.97 Å². The number of thiazole rings is 1. The summed E-state index contributed by atoms with van der Waals surface area (Å²) in [5.41, 5.74) is 7.30. The number of halogens is 3. The van der Waals surface area contributed by atoms with Gasteiger partial charge in [0.15, 0.2) is 5.82 Å². The molecule has 3 amide bonds. The van der Waals surface area contributed by atoms with Gasteiger partial charge in [-0.1, -0.05) is 75.9 Å². The zero-order valence-corrected chi connectivity index (χ0v) is 44.3. The molecule has 3 saturated heterocycles. The molecule has 3 atom stereocenters. The molecule has 2 N–H and O–H groups in total. The van der Waals surface area contributed by atoms with E-state index in [0.717, 1.165) is 95.3 Å². The first-order valence-electron chi connectivity index (χ1n) is 26.2. The zero-order chi connectivity index (χ0) is 52.9. The highest BCUT2D eigenvalue weighted by molar-refractivity contribution is 7.13. The Balaban J connectivity index is 0.674. The number of pyridine rings is 1. The molecular formula is C56H67F3N12O3S. The summed E-state index contributed by atoms with van der Waals surface area (Å²) in [5, 5.41) is 17.5. The van der Waals surface area contributed by atoms with Gasteiger partial charge in [0, 0.05) is 88.9 Å². The number of alkyl halides is 3. The number of piperidine rings is 1. The third kappa shape index (κ3) is 13.1. The summed E-state index contributed by atoms with van der Waals surface area (Å²) in [6.45, 7) is 16.5. The monoisotopic (exact) mass is 1040 g/mol. The zero-order valence-electron chi connectivity index (χ0n) is 43.5. The molecule has 0 saturated carbocycles. The number of piperazine rings is 1. The van der Waals surface area contributed by atoms with Crippen LogP contribution in [0.4, 0.5) is 19.0 Å². The molecule has 75 heavy (non-hydrogen) atoms. The topological polar surface area (TPSA) is 157 Å². The van der Waals surface area contributed by atoms with E-state index in [-0.39, 0.29) is 29.5 Å². The van der Waals surface area contributed by atoms with Crippen LogP contribution in [-0.2, 0) is 33.5 Å². The van der Waals surface area contributed by atoms with Gasteiger partial charge in [-0.15, -0.1) is 21.5 Å². The number of nitrogens with zero attached hydrogens (tertiary/aromatic N) is 10.